The number of nitrogens with zero attached hydrogens (tertiary/aromatic N) is 3. The van der Waals surface area contributed by atoms with Gasteiger partial charge in [-0.1, -0.05) is 158 Å². The number of nitrogens with one attached hydrogen (secondary N) is 1. The highest BCUT2D eigenvalue weighted by Crippen LogP contribution is 2.58. The maximum absolute atomic E-state index is 15.4. The van der Waals surface area contributed by atoms with Crippen LogP contribution in [0.3, 0.4) is 0 Å². The first-order chi connectivity index (χ1) is 26.0. The largest absolute Gasteiger partial charge is 0.416 e. The third-order valence-corrected chi connectivity index (χ3v) is 9.92. The summed E-state index contributed by atoms with van der Waals surface area (Å²) in [5.74, 6) is 0. The molecule has 2 aliphatic rings. The van der Waals surface area contributed by atoms with Crippen LogP contribution >= 0.6 is 0 Å². The number of halogens is 6. The number of alkyl halides is 6. The van der Waals surface area contributed by atoms with Crippen LogP contribution in [0, 0.1) is 0 Å². The predicted octanol–water partition coefficient (Wildman–Crippen LogP) is 10.3. The van der Waals surface area contributed by atoms with Gasteiger partial charge in [-0.05, 0) is 28.8 Å². The molecule has 0 amide bonds. The Morgan fingerprint density at radius 2 is 0.870 bits per heavy atom. The van der Waals surface area contributed by atoms with Crippen LogP contribution in [0.15, 0.2) is 185 Å². The van der Waals surface area contributed by atoms with Gasteiger partial charge in [0, 0.05) is 16.7 Å². The van der Waals surface area contributed by atoms with Crippen LogP contribution in [-0.2, 0) is 29.2 Å². The summed E-state index contributed by atoms with van der Waals surface area (Å²) in [6, 6.07) is 45.2. The first kappa shape index (κ1) is 34.9. The highest BCUT2D eigenvalue weighted by atomic mass is 19.4. The van der Waals surface area contributed by atoms with Gasteiger partial charge in [0.2, 0.25) is 5.66 Å². The SMILES string of the molecule is FC(F)(F)c1ccccc1C1(C2(c3ccccc3C(F)(F)F)N=C(c3ccccc3)C(c3ccccc3)(c3ccccc3)N2)N=CC(c2ccccc2)=N1. The Morgan fingerprint density at radius 1 is 0.444 bits per heavy atom. The molecule has 1 N–H and O–H groups in total. The van der Waals surface area contributed by atoms with Gasteiger partial charge in [0.15, 0.2) is 5.66 Å². The molecule has 0 spiro atoms. The first-order valence-electron chi connectivity index (χ1n) is 17.1. The highest BCUT2D eigenvalue weighted by molar-refractivity contribution is 6.39. The Bertz CT molecular complexity index is 2350. The Hall–Kier alpha value is -6.13. The number of hydrogen-bond acceptors (Lipinski definition) is 4. The lowest BCUT2D eigenvalue weighted by atomic mass is 9.74. The molecule has 0 bridgehead atoms. The molecule has 6 aromatic carbocycles. The van der Waals surface area contributed by atoms with Crippen molar-refractivity contribution >= 4 is 17.6 Å². The van der Waals surface area contributed by atoms with E-state index in [2.05, 4.69) is 5.32 Å². The van der Waals surface area contributed by atoms with E-state index >= 15 is 26.3 Å². The lowest BCUT2D eigenvalue weighted by Gasteiger charge is -2.45. The normalized spacial score (nSPS) is 20.8. The lowest BCUT2D eigenvalue weighted by molar-refractivity contribution is -0.141. The fourth-order valence-corrected chi connectivity index (χ4v) is 7.64. The van der Waals surface area contributed by atoms with E-state index in [1.807, 2.05) is 24.3 Å². The summed E-state index contributed by atoms with van der Waals surface area (Å²) < 4.78 is 92.1. The van der Waals surface area contributed by atoms with Crippen LogP contribution in [0.25, 0.3) is 0 Å². The minimum absolute atomic E-state index is 0.173. The van der Waals surface area contributed by atoms with Crippen LogP contribution in [0.1, 0.15) is 44.5 Å². The Balaban J connectivity index is 1.60. The van der Waals surface area contributed by atoms with E-state index in [1.54, 1.807) is 97.1 Å². The van der Waals surface area contributed by atoms with Crippen LogP contribution in [0.2, 0.25) is 0 Å². The Kier molecular flexibility index (Phi) is 8.45. The number of aliphatic imine (C=N–C) groups is 3. The van der Waals surface area contributed by atoms with Gasteiger partial charge in [-0.25, -0.2) is 4.99 Å². The fourth-order valence-electron chi connectivity index (χ4n) is 7.64. The smallest absolute Gasteiger partial charge is 0.267 e. The zero-order valence-corrected chi connectivity index (χ0v) is 28.4. The number of hydrogen-bond donors (Lipinski definition) is 1. The van der Waals surface area contributed by atoms with Crippen molar-refractivity contribution in [2.75, 3.05) is 0 Å². The van der Waals surface area contributed by atoms with E-state index in [1.165, 1.54) is 42.6 Å². The number of rotatable bonds is 7. The molecule has 10 heteroatoms. The lowest BCUT2D eigenvalue weighted by Crippen LogP contribution is -2.60. The summed E-state index contributed by atoms with van der Waals surface area (Å²) in [5.41, 5.74) is -7.02. The van der Waals surface area contributed by atoms with Crippen LogP contribution in [-0.4, -0.2) is 17.6 Å². The molecule has 0 radical (unpaired) electrons. The maximum atomic E-state index is 15.4. The molecule has 0 saturated heterocycles. The Labute approximate surface area is 307 Å². The van der Waals surface area contributed by atoms with Gasteiger partial charge >= 0.3 is 12.4 Å². The van der Waals surface area contributed by atoms with Gasteiger partial charge in [0.05, 0.1) is 28.8 Å². The van der Waals surface area contributed by atoms with Gasteiger partial charge in [0.25, 0.3) is 0 Å². The second-order valence-corrected chi connectivity index (χ2v) is 13.0. The summed E-state index contributed by atoms with van der Waals surface area (Å²) in [4.78, 5) is 15.2. The van der Waals surface area contributed by atoms with Crippen molar-refractivity contribution in [2.45, 2.75) is 29.2 Å². The molecule has 54 heavy (non-hydrogen) atoms. The van der Waals surface area contributed by atoms with E-state index < -0.39 is 51.5 Å². The van der Waals surface area contributed by atoms with Gasteiger partial charge in [-0.3, -0.25) is 15.3 Å². The van der Waals surface area contributed by atoms with Crippen LogP contribution in [0.5, 0.6) is 0 Å². The monoisotopic (exact) mass is 728 g/mol. The van der Waals surface area contributed by atoms with Crippen LogP contribution < -0.4 is 5.32 Å². The minimum atomic E-state index is -4.96. The van der Waals surface area contributed by atoms with Crippen LogP contribution in [0.4, 0.5) is 26.3 Å². The van der Waals surface area contributed by atoms with E-state index in [4.69, 9.17) is 15.0 Å². The van der Waals surface area contributed by atoms with Crippen molar-refractivity contribution in [2.24, 2.45) is 15.0 Å². The van der Waals surface area contributed by atoms with Gasteiger partial charge in [0.1, 0.15) is 5.54 Å². The number of benzene rings is 6. The van der Waals surface area contributed by atoms with Gasteiger partial charge in [-0.2, -0.15) is 26.3 Å². The summed E-state index contributed by atoms with van der Waals surface area (Å²) in [7, 11) is 0. The molecule has 268 valence electrons. The topological polar surface area (TPSA) is 49.1 Å². The Morgan fingerprint density at radius 3 is 1.39 bits per heavy atom. The van der Waals surface area contributed by atoms with E-state index in [0.717, 1.165) is 12.1 Å². The average Bonchev–Trinajstić information content (AvgIpc) is 3.82. The summed E-state index contributed by atoms with van der Waals surface area (Å²) in [6.45, 7) is 0. The molecule has 2 heterocycles. The zero-order chi connectivity index (χ0) is 37.6. The van der Waals surface area contributed by atoms with E-state index in [9.17, 15) is 0 Å². The van der Waals surface area contributed by atoms with Crippen molar-refractivity contribution < 1.29 is 26.3 Å². The quantitative estimate of drug-likeness (QED) is 0.164. The zero-order valence-electron chi connectivity index (χ0n) is 28.4. The summed E-state index contributed by atoms with van der Waals surface area (Å²) in [5, 5.41) is 3.57. The van der Waals surface area contributed by atoms with Crippen molar-refractivity contribution in [1.29, 1.82) is 0 Å². The van der Waals surface area contributed by atoms with E-state index in [-0.39, 0.29) is 11.4 Å². The molecule has 2 unspecified atom stereocenters. The van der Waals surface area contributed by atoms with Crippen molar-refractivity contribution in [3.8, 4) is 0 Å². The molecule has 0 fully saturated rings. The summed E-state index contributed by atoms with van der Waals surface area (Å²) in [6.07, 6.45) is -8.59. The van der Waals surface area contributed by atoms with Gasteiger partial charge < -0.3 is 0 Å². The maximum Gasteiger partial charge on any atom is 0.416 e. The fraction of sp³-hybridized carbons (Fsp3) is 0.114. The average molecular weight is 729 g/mol. The first-order valence-corrected chi connectivity index (χ1v) is 17.1. The molecule has 8 rings (SSSR count). The molecular formula is C44H30F6N4. The molecule has 2 atom stereocenters. The predicted molar refractivity (Wildman–Crippen MR) is 197 cm³/mol. The molecule has 2 aliphatic heterocycles. The minimum Gasteiger partial charge on any atom is -0.267 e. The molecule has 6 aromatic rings. The molecule has 0 aromatic heterocycles. The van der Waals surface area contributed by atoms with E-state index in [0.29, 0.717) is 22.3 Å². The molecule has 4 nitrogen and oxygen atoms in total. The second-order valence-electron chi connectivity index (χ2n) is 13.0. The third kappa shape index (κ3) is 5.56. The summed E-state index contributed by atoms with van der Waals surface area (Å²) >= 11 is 0. The molecular weight excluding hydrogens is 698 g/mol. The van der Waals surface area contributed by atoms with Gasteiger partial charge in [-0.15, -0.1) is 0 Å². The van der Waals surface area contributed by atoms with Crippen molar-refractivity contribution in [3.63, 3.8) is 0 Å². The highest BCUT2D eigenvalue weighted by Gasteiger charge is 2.67. The molecule has 0 aliphatic carbocycles. The molecule has 0 saturated carbocycles. The standard InChI is InChI=1S/C44H30F6N4/c45-43(46,47)36-27-15-13-25-34(36)41(51-29-38(52-41)30-17-5-1-6-18-30)42(35-26-14-16-28-37(35)44(48,49)50)53-39(31-19-7-2-8-20-31)40(54-42,32-21-9-3-10-22-32)33-23-11-4-12-24-33/h1-29,54H. The third-order valence-electron chi connectivity index (χ3n) is 9.92. The van der Waals surface area contributed by atoms with Crippen molar-refractivity contribution in [3.05, 3.63) is 214 Å². The second kappa shape index (κ2) is 13.1. The van der Waals surface area contributed by atoms with Crippen molar-refractivity contribution in [1.82, 2.24) is 5.32 Å².